The van der Waals surface area contributed by atoms with Crippen LogP contribution in [0.2, 0.25) is 0 Å². The third kappa shape index (κ3) is 11.7. The average molecular weight is 282 g/mol. The molecule has 9 nitrogen and oxygen atoms in total. The van der Waals surface area contributed by atoms with E-state index in [-0.39, 0.29) is 0 Å². The highest BCUT2D eigenvalue weighted by Crippen LogP contribution is 2.00. The first-order valence-corrected chi connectivity index (χ1v) is 6.37. The molecular formula is C10H28N5O4+. The van der Waals surface area contributed by atoms with Crippen molar-refractivity contribution in [1.82, 2.24) is 9.91 Å². The summed E-state index contributed by atoms with van der Waals surface area (Å²) in [4.78, 5) is 22.2. The number of urea groups is 1. The van der Waals surface area contributed by atoms with Crippen LogP contribution in [0.25, 0.3) is 0 Å². The van der Waals surface area contributed by atoms with Gasteiger partial charge in [-0.15, -0.1) is 15.5 Å². The number of carbonyl (C=O) groups is 1. The second-order valence-corrected chi connectivity index (χ2v) is 2.87. The van der Waals surface area contributed by atoms with E-state index in [9.17, 15) is 9.70 Å². The van der Waals surface area contributed by atoms with Crippen molar-refractivity contribution in [3.63, 3.8) is 0 Å². The molecule has 1 aliphatic heterocycles. The molecule has 1 rings (SSSR count). The van der Waals surface area contributed by atoms with Crippen LogP contribution in [0.1, 0.15) is 34.1 Å². The molecule has 1 aliphatic rings. The van der Waals surface area contributed by atoms with Gasteiger partial charge < -0.3 is 10.1 Å². The van der Waals surface area contributed by atoms with Crippen LogP contribution in [0, 0.1) is 4.91 Å². The van der Waals surface area contributed by atoms with Crippen molar-refractivity contribution in [3.8, 4) is 0 Å². The lowest BCUT2D eigenvalue weighted by Crippen LogP contribution is -2.91. The summed E-state index contributed by atoms with van der Waals surface area (Å²) in [5, 5.41) is 19.3. The molecule has 116 valence electrons. The van der Waals surface area contributed by atoms with Crippen molar-refractivity contribution >= 4 is 6.03 Å². The van der Waals surface area contributed by atoms with Gasteiger partial charge in [-0.3, -0.25) is 0 Å². The van der Waals surface area contributed by atoms with Gasteiger partial charge in [0.25, 0.3) is 0 Å². The van der Waals surface area contributed by atoms with Gasteiger partial charge in [-0.25, -0.2) is 10.7 Å². The molecule has 0 aliphatic carbocycles. The Hall–Kier alpha value is -1.13. The van der Waals surface area contributed by atoms with E-state index in [0.29, 0.717) is 26.2 Å². The summed E-state index contributed by atoms with van der Waals surface area (Å²) < 4.78 is 0. The number of nitrogens with two attached hydrogens (primary N) is 2. The van der Waals surface area contributed by atoms with Crippen LogP contribution in [-0.2, 0) is 0 Å². The fraction of sp³-hybridized carbons (Fsp3) is 0.900. The van der Waals surface area contributed by atoms with E-state index in [1.165, 1.54) is 4.90 Å². The van der Waals surface area contributed by atoms with Crippen molar-refractivity contribution in [2.45, 2.75) is 34.1 Å². The summed E-state index contributed by atoms with van der Waals surface area (Å²) in [7, 11) is 0. The van der Waals surface area contributed by atoms with Crippen molar-refractivity contribution < 1.29 is 20.8 Å². The topological polar surface area (TPSA) is 136 Å². The van der Waals surface area contributed by atoms with Gasteiger partial charge in [0, 0.05) is 18.3 Å². The number of amides is 2. The number of rotatable bonds is 1. The molecule has 6 N–H and O–H groups in total. The standard InChI is InChI=1S/C6H12N4O3.2C2H6.H3NO/c11-6(7-12)9-2-1-3-10(8-13)5-4-9;3*1-2/h8,13H,1-5H2;2*1-2H3;2H,1H2/p+1. The second-order valence-electron chi connectivity index (χ2n) is 2.87. The molecule has 1 heterocycles. The van der Waals surface area contributed by atoms with Crippen LogP contribution in [0.15, 0.2) is 5.18 Å². The van der Waals surface area contributed by atoms with E-state index in [1.54, 1.807) is 5.01 Å². The highest BCUT2D eigenvalue weighted by molar-refractivity contribution is 5.74. The fourth-order valence-electron chi connectivity index (χ4n) is 1.30. The average Bonchev–Trinajstić information content (AvgIpc) is 2.78. The van der Waals surface area contributed by atoms with E-state index in [4.69, 9.17) is 10.4 Å². The highest BCUT2D eigenvalue weighted by atomic mass is 16.5. The molecule has 1 fully saturated rings. The molecule has 0 spiro atoms. The first-order valence-electron chi connectivity index (χ1n) is 6.37. The van der Waals surface area contributed by atoms with Gasteiger partial charge in [0.15, 0.2) is 0 Å². The highest BCUT2D eigenvalue weighted by Gasteiger charge is 2.20. The maximum absolute atomic E-state index is 10.9. The predicted molar refractivity (Wildman–Crippen MR) is 71.3 cm³/mol. The number of nitrogens with zero attached hydrogens (tertiary/aromatic N) is 3. The summed E-state index contributed by atoms with van der Waals surface area (Å²) in [6, 6.07) is -0.722. The Morgan fingerprint density at radius 1 is 1.11 bits per heavy atom. The lowest BCUT2D eigenvalue weighted by molar-refractivity contribution is -0.993. The molecule has 0 aromatic heterocycles. The Morgan fingerprint density at radius 2 is 1.63 bits per heavy atom. The van der Waals surface area contributed by atoms with Gasteiger partial charge in [0.1, 0.15) is 0 Å². The third-order valence-corrected chi connectivity index (χ3v) is 2.04. The van der Waals surface area contributed by atoms with Crippen LogP contribution in [-0.4, -0.2) is 52.5 Å². The van der Waals surface area contributed by atoms with E-state index in [1.807, 2.05) is 27.7 Å². The Balaban J connectivity index is -0.000000375. The number of quaternary nitrogens is 1. The maximum Gasteiger partial charge on any atom is 0.381 e. The van der Waals surface area contributed by atoms with Gasteiger partial charge in [-0.2, -0.15) is 5.21 Å². The minimum absolute atomic E-state index is 0.432. The monoisotopic (exact) mass is 282 g/mol. The van der Waals surface area contributed by atoms with Crippen LogP contribution < -0.4 is 11.5 Å². The third-order valence-electron chi connectivity index (χ3n) is 2.04. The molecular weight excluding hydrogens is 254 g/mol. The Kier molecular flexibility index (Phi) is 23.3. The zero-order chi connectivity index (χ0) is 15.7. The van der Waals surface area contributed by atoms with E-state index >= 15 is 0 Å². The molecule has 19 heavy (non-hydrogen) atoms. The lowest BCUT2D eigenvalue weighted by Gasteiger charge is -2.15. The molecule has 0 bridgehead atoms. The number of hydrogen-bond donors (Lipinski definition) is 4. The fourth-order valence-corrected chi connectivity index (χ4v) is 1.30. The molecule has 0 atom stereocenters. The van der Waals surface area contributed by atoms with Crippen LogP contribution >= 0.6 is 0 Å². The first kappa shape index (κ1) is 23.0. The maximum atomic E-state index is 10.9. The normalized spacial score (nSPS) is 14.4. The smallest absolute Gasteiger partial charge is 0.320 e. The molecule has 1 saturated heterocycles. The van der Waals surface area contributed by atoms with Gasteiger partial charge in [-0.1, -0.05) is 27.7 Å². The second kappa shape index (κ2) is 19.2. The molecule has 0 radical (unpaired) electrons. The van der Waals surface area contributed by atoms with Gasteiger partial charge in [0.2, 0.25) is 0 Å². The quantitative estimate of drug-likeness (QED) is 0.307. The van der Waals surface area contributed by atoms with Crippen LogP contribution in [0.5, 0.6) is 0 Å². The Bertz CT molecular complexity index is 206. The molecule has 0 aromatic carbocycles. The number of hydrogen-bond acceptors (Lipinski definition) is 6. The molecule has 2 amide bonds. The Morgan fingerprint density at radius 3 is 2.05 bits per heavy atom. The number of carbonyl (C=O) groups excluding carboxylic acids is 1. The molecule has 0 saturated carbocycles. The first-order chi connectivity index (χ1) is 9.27. The van der Waals surface area contributed by atoms with Crippen LogP contribution in [0.3, 0.4) is 0 Å². The minimum atomic E-state index is -0.722. The Labute approximate surface area is 114 Å². The van der Waals surface area contributed by atoms with E-state index in [2.05, 4.69) is 11.1 Å². The lowest BCUT2D eigenvalue weighted by atomic mass is 10.4. The number of nitroso groups, excluding NO2 is 1. The summed E-state index contributed by atoms with van der Waals surface area (Å²) in [5.74, 6) is 3.50. The van der Waals surface area contributed by atoms with Crippen molar-refractivity contribution in [2.75, 3.05) is 26.2 Å². The van der Waals surface area contributed by atoms with Gasteiger partial charge in [-0.05, 0) is 6.42 Å². The molecule has 0 aromatic rings. The van der Waals surface area contributed by atoms with Gasteiger partial charge in [0.05, 0.1) is 13.1 Å². The van der Waals surface area contributed by atoms with Gasteiger partial charge >= 0.3 is 6.03 Å². The predicted octanol–water partition coefficient (Wildman–Crippen LogP) is 0.135. The molecule has 9 heteroatoms. The van der Waals surface area contributed by atoms with E-state index in [0.717, 1.165) is 12.0 Å². The van der Waals surface area contributed by atoms with E-state index < -0.39 is 6.03 Å². The summed E-state index contributed by atoms with van der Waals surface area (Å²) in [5.41, 5.74) is 1.00. The minimum Gasteiger partial charge on any atom is -0.320 e. The van der Waals surface area contributed by atoms with Crippen molar-refractivity contribution in [1.29, 1.82) is 0 Å². The zero-order valence-corrected chi connectivity index (χ0v) is 12.2. The summed E-state index contributed by atoms with van der Waals surface area (Å²) in [6.07, 6.45) is 0.734. The van der Waals surface area contributed by atoms with Crippen LogP contribution in [0.4, 0.5) is 4.79 Å². The summed E-state index contributed by atoms with van der Waals surface area (Å²) in [6.45, 7) is 10.2. The largest absolute Gasteiger partial charge is 0.381 e. The summed E-state index contributed by atoms with van der Waals surface area (Å²) >= 11 is 0. The zero-order valence-electron chi connectivity index (χ0n) is 12.2. The molecule has 0 unspecified atom stereocenters. The van der Waals surface area contributed by atoms with Crippen molar-refractivity contribution in [3.05, 3.63) is 4.91 Å². The SMILES string of the molecule is CC.CC.NO.O=NC(=O)N1CCCN([NH2+]O)CC1. The van der Waals surface area contributed by atoms with Crippen molar-refractivity contribution in [2.24, 2.45) is 11.1 Å².